The van der Waals surface area contributed by atoms with Crippen molar-refractivity contribution in [2.45, 2.75) is 32.1 Å². The van der Waals surface area contributed by atoms with Crippen LogP contribution in [0.5, 0.6) is 0 Å². The molecule has 7 heteroatoms. The number of hydrogen-bond acceptors (Lipinski definition) is 4. The van der Waals surface area contributed by atoms with Crippen LogP contribution in [0.3, 0.4) is 0 Å². The molecule has 6 nitrogen and oxygen atoms in total. The summed E-state index contributed by atoms with van der Waals surface area (Å²) in [5.74, 6) is -0.861. The molecule has 1 aromatic rings. The van der Waals surface area contributed by atoms with Crippen LogP contribution in [0, 0.1) is 5.92 Å². The van der Waals surface area contributed by atoms with Gasteiger partial charge in [-0.1, -0.05) is 30.9 Å². The van der Waals surface area contributed by atoms with Crippen LogP contribution >= 0.6 is 11.6 Å². The van der Waals surface area contributed by atoms with Gasteiger partial charge in [-0.25, -0.2) is 0 Å². The average Bonchev–Trinajstić information content (AvgIpc) is 2.64. The Labute approximate surface area is 152 Å². The first kappa shape index (κ1) is 19.2. The third-order valence-corrected chi connectivity index (χ3v) is 4.43. The summed E-state index contributed by atoms with van der Waals surface area (Å²) in [6, 6.07) is 6.29. The highest BCUT2D eigenvalue weighted by atomic mass is 35.5. The van der Waals surface area contributed by atoms with Gasteiger partial charge in [-0.3, -0.25) is 14.4 Å². The molecular formula is C18H23ClN2O4. The number of halogens is 1. The molecule has 2 rings (SSSR count). The zero-order valence-electron chi connectivity index (χ0n) is 14.1. The fourth-order valence-electron chi connectivity index (χ4n) is 2.75. The van der Waals surface area contributed by atoms with Gasteiger partial charge < -0.3 is 15.4 Å². The monoisotopic (exact) mass is 366 g/mol. The molecule has 1 aliphatic rings. The van der Waals surface area contributed by atoms with E-state index in [0.29, 0.717) is 23.0 Å². The molecule has 2 N–H and O–H groups in total. The van der Waals surface area contributed by atoms with Crippen LogP contribution in [-0.4, -0.2) is 37.5 Å². The van der Waals surface area contributed by atoms with Gasteiger partial charge in [0, 0.05) is 17.1 Å². The predicted molar refractivity (Wildman–Crippen MR) is 94.3 cm³/mol. The van der Waals surface area contributed by atoms with Crippen molar-refractivity contribution in [3.8, 4) is 0 Å². The molecular weight excluding hydrogens is 344 g/mol. The third kappa shape index (κ3) is 7.13. The molecule has 0 radical (unpaired) electrons. The van der Waals surface area contributed by atoms with E-state index in [1.54, 1.807) is 24.3 Å². The van der Waals surface area contributed by atoms with Crippen molar-refractivity contribution in [3.63, 3.8) is 0 Å². The molecule has 0 atom stereocenters. The lowest BCUT2D eigenvalue weighted by Crippen LogP contribution is -2.35. The Bertz CT molecular complexity index is 598. The smallest absolute Gasteiger partial charge is 0.325 e. The van der Waals surface area contributed by atoms with E-state index in [-0.39, 0.29) is 19.1 Å². The summed E-state index contributed by atoms with van der Waals surface area (Å²) in [6.07, 6.45) is 5.96. The number of ether oxygens (including phenoxy) is 1. The molecule has 0 spiro atoms. The van der Waals surface area contributed by atoms with Gasteiger partial charge >= 0.3 is 5.97 Å². The van der Waals surface area contributed by atoms with Gasteiger partial charge in [-0.15, -0.1) is 0 Å². The van der Waals surface area contributed by atoms with E-state index >= 15 is 0 Å². The lowest BCUT2D eigenvalue weighted by atomic mass is 9.89. The number of amides is 2. The van der Waals surface area contributed by atoms with Gasteiger partial charge in [0.2, 0.25) is 0 Å². The maximum atomic E-state index is 11.8. The standard InChI is InChI=1S/C18H23ClN2O4/c19-15-8-6-14(7-9-15)18(24)21-11-17(23)25-12-16(22)20-10-13-4-2-1-3-5-13/h6-9,13H,1-5,10-12H2,(H,20,22)(H,21,24). The van der Waals surface area contributed by atoms with E-state index in [1.165, 1.54) is 19.3 Å². The van der Waals surface area contributed by atoms with E-state index in [9.17, 15) is 14.4 Å². The summed E-state index contributed by atoms with van der Waals surface area (Å²) in [5, 5.41) is 5.75. The number of carbonyl (C=O) groups excluding carboxylic acids is 3. The first-order valence-corrected chi connectivity index (χ1v) is 8.88. The Hall–Kier alpha value is -2.08. The van der Waals surface area contributed by atoms with E-state index in [4.69, 9.17) is 16.3 Å². The summed E-state index contributed by atoms with van der Waals surface area (Å²) < 4.78 is 4.86. The Kier molecular flexibility index (Phi) is 7.73. The van der Waals surface area contributed by atoms with Crippen molar-refractivity contribution in [1.82, 2.24) is 10.6 Å². The number of rotatable bonds is 7. The van der Waals surface area contributed by atoms with E-state index in [1.807, 2.05) is 0 Å². The van der Waals surface area contributed by atoms with Gasteiger partial charge in [-0.05, 0) is 43.0 Å². The Morgan fingerprint density at radius 3 is 2.40 bits per heavy atom. The molecule has 25 heavy (non-hydrogen) atoms. The molecule has 0 heterocycles. The molecule has 1 saturated carbocycles. The molecule has 136 valence electrons. The molecule has 1 aromatic carbocycles. The second-order valence-corrected chi connectivity index (χ2v) is 6.59. The van der Waals surface area contributed by atoms with Crippen LogP contribution in [-0.2, 0) is 14.3 Å². The Morgan fingerprint density at radius 2 is 1.72 bits per heavy atom. The third-order valence-electron chi connectivity index (χ3n) is 4.18. The summed E-state index contributed by atoms with van der Waals surface area (Å²) in [5.41, 5.74) is 0.391. The summed E-state index contributed by atoms with van der Waals surface area (Å²) in [7, 11) is 0. The molecule has 0 unspecified atom stereocenters. The lowest BCUT2D eigenvalue weighted by molar-refractivity contribution is -0.147. The van der Waals surface area contributed by atoms with Crippen LogP contribution in [0.25, 0.3) is 0 Å². The van der Waals surface area contributed by atoms with Crippen molar-refractivity contribution >= 4 is 29.4 Å². The fourth-order valence-corrected chi connectivity index (χ4v) is 2.88. The van der Waals surface area contributed by atoms with Gasteiger partial charge in [0.15, 0.2) is 6.61 Å². The van der Waals surface area contributed by atoms with Crippen molar-refractivity contribution in [3.05, 3.63) is 34.9 Å². The van der Waals surface area contributed by atoms with E-state index in [0.717, 1.165) is 12.8 Å². The molecule has 2 amide bonds. The summed E-state index contributed by atoms with van der Waals surface area (Å²) in [4.78, 5) is 35.1. The first-order valence-electron chi connectivity index (χ1n) is 8.50. The Balaban J connectivity index is 1.60. The van der Waals surface area contributed by atoms with Gasteiger partial charge in [0.25, 0.3) is 11.8 Å². The fraction of sp³-hybridized carbons (Fsp3) is 0.500. The second-order valence-electron chi connectivity index (χ2n) is 6.16. The highest BCUT2D eigenvalue weighted by molar-refractivity contribution is 6.30. The number of esters is 1. The van der Waals surface area contributed by atoms with Crippen molar-refractivity contribution < 1.29 is 19.1 Å². The quantitative estimate of drug-likeness (QED) is 0.725. The van der Waals surface area contributed by atoms with Gasteiger partial charge in [0.1, 0.15) is 6.54 Å². The van der Waals surface area contributed by atoms with Crippen LogP contribution in [0.15, 0.2) is 24.3 Å². The minimum Gasteiger partial charge on any atom is -0.454 e. The molecule has 1 aliphatic carbocycles. The Morgan fingerprint density at radius 1 is 1.04 bits per heavy atom. The second kappa shape index (κ2) is 10.0. The molecule has 0 aromatic heterocycles. The van der Waals surface area contributed by atoms with Gasteiger partial charge in [0.05, 0.1) is 0 Å². The van der Waals surface area contributed by atoms with Gasteiger partial charge in [-0.2, -0.15) is 0 Å². The molecule has 0 saturated heterocycles. The minimum atomic E-state index is -0.657. The van der Waals surface area contributed by atoms with Crippen LogP contribution in [0.4, 0.5) is 0 Å². The zero-order chi connectivity index (χ0) is 18.1. The minimum absolute atomic E-state index is 0.294. The maximum absolute atomic E-state index is 11.8. The summed E-state index contributed by atoms with van der Waals surface area (Å²) in [6.45, 7) is 0.00339. The number of nitrogens with one attached hydrogen (secondary N) is 2. The topological polar surface area (TPSA) is 84.5 Å². The first-order chi connectivity index (χ1) is 12.0. The van der Waals surface area contributed by atoms with Crippen molar-refractivity contribution in [1.29, 1.82) is 0 Å². The largest absolute Gasteiger partial charge is 0.454 e. The number of carbonyl (C=O) groups is 3. The maximum Gasteiger partial charge on any atom is 0.325 e. The highest BCUT2D eigenvalue weighted by Gasteiger charge is 2.15. The number of benzene rings is 1. The molecule has 1 fully saturated rings. The van der Waals surface area contributed by atoms with E-state index < -0.39 is 11.9 Å². The van der Waals surface area contributed by atoms with Crippen molar-refractivity contribution in [2.75, 3.05) is 19.7 Å². The normalized spacial score (nSPS) is 14.6. The molecule has 0 bridgehead atoms. The van der Waals surface area contributed by atoms with Crippen molar-refractivity contribution in [2.24, 2.45) is 5.92 Å². The average molecular weight is 367 g/mol. The lowest BCUT2D eigenvalue weighted by Gasteiger charge is -2.21. The molecule has 0 aliphatic heterocycles. The number of hydrogen-bond donors (Lipinski definition) is 2. The predicted octanol–water partition coefficient (Wildman–Crippen LogP) is 2.31. The van der Waals surface area contributed by atoms with Crippen LogP contribution in [0.1, 0.15) is 42.5 Å². The summed E-state index contributed by atoms with van der Waals surface area (Å²) >= 11 is 5.75. The van der Waals surface area contributed by atoms with Crippen LogP contribution < -0.4 is 10.6 Å². The zero-order valence-corrected chi connectivity index (χ0v) is 14.8. The van der Waals surface area contributed by atoms with Crippen LogP contribution in [0.2, 0.25) is 5.02 Å². The highest BCUT2D eigenvalue weighted by Crippen LogP contribution is 2.22. The van der Waals surface area contributed by atoms with E-state index in [2.05, 4.69) is 10.6 Å². The SMILES string of the molecule is O=C(COC(=O)CNC(=O)c1ccc(Cl)cc1)NCC1CCCCC1.